The summed E-state index contributed by atoms with van der Waals surface area (Å²) in [5.41, 5.74) is 10.1. The Morgan fingerprint density at radius 3 is 2.44 bits per heavy atom. The fourth-order valence-corrected chi connectivity index (χ4v) is 3.63. The minimum Gasteiger partial charge on any atom is -0.465 e. The summed E-state index contributed by atoms with van der Waals surface area (Å²) in [6.07, 6.45) is 5.18. The Kier molecular flexibility index (Phi) is 4.24. The lowest BCUT2D eigenvalue weighted by Crippen LogP contribution is -2.50. The SMILES string of the molecule is Nc1cc(-c2ccccn2)c(-c2ccc(C3(NC(=O)O)CCC3)cc2)cn1. The number of amides is 1. The number of nitrogens with two attached hydrogens (primary N) is 1. The van der Waals surface area contributed by atoms with Gasteiger partial charge in [0.15, 0.2) is 0 Å². The lowest BCUT2D eigenvalue weighted by Gasteiger charge is -2.42. The first-order valence-electron chi connectivity index (χ1n) is 8.86. The molecule has 1 aromatic carbocycles. The van der Waals surface area contributed by atoms with Crippen LogP contribution in [0, 0.1) is 0 Å². The first-order valence-corrected chi connectivity index (χ1v) is 8.86. The van der Waals surface area contributed by atoms with Crippen LogP contribution in [0.2, 0.25) is 0 Å². The standard InChI is InChI=1S/C21H20N4O2/c22-19-12-16(18-4-1-2-11-23-18)17(13-24-19)14-5-7-15(8-6-14)21(9-3-10-21)25-20(26)27/h1-2,4-8,11-13,25H,3,9-10H2,(H2,22,24)(H,26,27). The van der Waals surface area contributed by atoms with Gasteiger partial charge < -0.3 is 16.2 Å². The van der Waals surface area contributed by atoms with Gasteiger partial charge in [0.05, 0.1) is 11.2 Å². The number of nitrogen functional groups attached to an aromatic ring is 1. The van der Waals surface area contributed by atoms with Crippen LogP contribution in [0.15, 0.2) is 60.9 Å². The van der Waals surface area contributed by atoms with Crippen molar-refractivity contribution in [2.75, 3.05) is 5.73 Å². The maximum absolute atomic E-state index is 11.2. The third-order valence-electron chi connectivity index (χ3n) is 5.17. The highest BCUT2D eigenvalue weighted by Gasteiger charge is 2.40. The van der Waals surface area contributed by atoms with Crippen molar-refractivity contribution in [1.82, 2.24) is 15.3 Å². The van der Waals surface area contributed by atoms with Gasteiger partial charge in [-0.3, -0.25) is 4.98 Å². The summed E-state index contributed by atoms with van der Waals surface area (Å²) in [6.45, 7) is 0. The van der Waals surface area contributed by atoms with Crippen LogP contribution in [0.1, 0.15) is 24.8 Å². The minimum atomic E-state index is -0.987. The van der Waals surface area contributed by atoms with Gasteiger partial charge >= 0.3 is 6.09 Å². The Labute approximate surface area is 157 Å². The van der Waals surface area contributed by atoms with Crippen molar-refractivity contribution in [3.63, 3.8) is 0 Å². The Hall–Kier alpha value is -3.41. The molecule has 2 aromatic heterocycles. The molecule has 0 radical (unpaired) electrons. The van der Waals surface area contributed by atoms with Gasteiger partial charge in [0.2, 0.25) is 0 Å². The fourth-order valence-electron chi connectivity index (χ4n) is 3.63. The number of nitrogens with one attached hydrogen (secondary N) is 1. The zero-order valence-electron chi connectivity index (χ0n) is 14.7. The lowest BCUT2D eigenvalue weighted by molar-refractivity contribution is 0.144. The second kappa shape index (κ2) is 6.72. The van der Waals surface area contributed by atoms with E-state index in [0.717, 1.165) is 47.2 Å². The van der Waals surface area contributed by atoms with Gasteiger partial charge in [0, 0.05) is 23.5 Å². The average molecular weight is 360 g/mol. The van der Waals surface area contributed by atoms with E-state index in [1.807, 2.05) is 48.5 Å². The Bertz CT molecular complexity index is 967. The number of pyridine rings is 2. The number of hydrogen-bond acceptors (Lipinski definition) is 4. The molecule has 6 nitrogen and oxygen atoms in total. The molecular weight excluding hydrogens is 340 g/mol. The largest absolute Gasteiger partial charge is 0.465 e. The van der Waals surface area contributed by atoms with Gasteiger partial charge in [0.1, 0.15) is 5.82 Å². The number of nitrogens with zero attached hydrogens (tertiary/aromatic N) is 2. The van der Waals surface area contributed by atoms with Gasteiger partial charge in [-0.05, 0) is 48.6 Å². The van der Waals surface area contributed by atoms with Gasteiger partial charge in [-0.15, -0.1) is 0 Å². The molecule has 0 aliphatic heterocycles. The molecular formula is C21H20N4O2. The molecule has 0 unspecified atom stereocenters. The molecule has 0 atom stereocenters. The van der Waals surface area contributed by atoms with Crippen LogP contribution < -0.4 is 11.1 Å². The topological polar surface area (TPSA) is 101 Å². The molecule has 27 heavy (non-hydrogen) atoms. The van der Waals surface area contributed by atoms with E-state index in [0.29, 0.717) is 5.82 Å². The van der Waals surface area contributed by atoms with Crippen molar-refractivity contribution in [1.29, 1.82) is 0 Å². The van der Waals surface area contributed by atoms with Crippen molar-refractivity contribution in [3.05, 3.63) is 66.5 Å². The number of anilines is 1. The molecule has 0 saturated heterocycles. The molecule has 0 spiro atoms. The summed E-state index contributed by atoms with van der Waals surface area (Å²) in [4.78, 5) is 19.8. The molecule has 0 bridgehead atoms. The lowest BCUT2D eigenvalue weighted by atomic mass is 9.71. The maximum atomic E-state index is 11.2. The zero-order valence-corrected chi connectivity index (χ0v) is 14.7. The number of hydrogen-bond donors (Lipinski definition) is 3. The highest BCUT2D eigenvalue weighted by atomic mass is 16.4. The summed E-state index contributed by atoms with van der Waals surface area (Å²) in [6, 6.07) is 15.5. The van der Waals surface area contributed by atoms with Crippen LogP contribution in [-0.4, -0.2) is 21.2 Å². The Balaban J connectivity index is 1.72. The van der Waals surface area contributed by atoms with Crippen LogP contribution in [0.5, 0.6) is 0 Å². The highest BCUT2D eigenvalue weighted by Crippen LogP contribution is 2.42. The number of rotatable bonds is 4. The zero-order chi connectivity index (χ0) is 18.9. The van der Waals surface area contributed by atoms with Crippen LogP contribution >= 0.6 is 0 Å². The van der Waals surface area contributed by atoms with E-state index < -0.39 is 11.6 Å². The molecule has 6 heteroatoms. The van der Waals surface area contributed by atoms with Gasteiger partial charge in [0.25, 0.3) is 0 Å². The first-order chi connectivity index (χ1) is 13.1. The average Bonchev–Trinajstić information content (AvgIpc) is 2.65. The molecule has 1 aliphatic carbocycles. The number of aromatic nitrogens is 2. The van der Waals surface area contributed by atoms with E-state index in [1.165, 1.54) is 0 Å². The summed E-state index contributed by atoms with van der Waals surface area (Å²) >= 11 is 0. The molecule has 1 aliphatic rings. The smallest absolute Gasteiger partial charge is 0.405 e. The van der Waals surface area contributed by atoms with Crippen molar-refractivity contribution < 1.29 is 9.90 Å². The molecule has 4 N–H and O–H groups in total. The predicted molar refractivity (Wildman–Crippen MR) is 104 cm³/mol. The third kappa shape index (κ3) is 3.21. The summed E-state index contributed by atoms with van der Waals surface area (Å²) in [5, 5.41) is 11.8. The monoisotopic (exact) mass is 360 g/mol. The van der Waals surface area contributed by atoms with Crippen molar-refractivity contribution in [2.45, 2.75) is 24.8 Å². The second-order valence-corrected chi connectivity index (χ2v) is 6.81. The van der Waals surface area contributed by atoms with Crippen LogP contribution in [0.25, 0.3) is 22.4 Å². The molecule has 4 rings (SSSR count). The number of carbonyl (C=O) groups is 1. The minimum absolute atomic E-state index is 0.440. The van der Waals surface area contributed by atoms with E-state index >= 15 is 0 Å². The predicted octanol–water partition coefficient (Wildman–Crippen LogP) is 4.04. The Morgan fingerprint density at radius 2 is 1.85 bits per heavy atom. The first kappa shape index (κ1) is 17.0. The maximum Gasteiger partial charge on any atom is 0.405 e. The van der Waals surface area contributed by atoms with E-state index in [1.54, 1.807) is 12.4 Å². The quantitative estimate of drug-likeness (QED) is 0.652. The van der Waals surface area contributed by atoms with Crippen molar-refractivity contribution >= 4 is 11.9 Å². The second-order valence-electron chi connectivity index (χ2n) is 6.81. The summed E-state index contributed by atoms with van der Waals surface area (Å²) in [7, 11) is 0. The highest BCUT2D eigenvalue weighted by molar-refractivity contribution is 5.82. The van der Waals surface area contributed by atoms with Gasteiger partial charge in [-0.1, -0.05) is 30.3 Å². The molecule has 2 heterocycles. The normalized spacial score (nSPS) is 15.0. The summed E-state index contributed by atoms with van der Waals surface area (Å²) < 4.78 is 0. The van der Waals surface area contributed by atoms with E-state index in [9.17, 15) is 4.79 Å². The van der Waals surface area contributed by atoms with Gasteiger partial charge in [-0.25, -0.2) is 9.78 Å². The third-order valence-corrected chi connectivity index (χ3v) is 5.17. The van der Waals surface area contributed by atoms with Gasteiger partial charge in [-0.2, -0.15) is 0 Å². The fraction of sp³-hybridized carbons (Fsp3) is 0.190. The number of carboxylic acid groups (broad SMARTS) is 1. The number of benzene rings is 1. The molecule has 1 fully saturated rings. The van der Waals surface area contributed by atoms with Crippen molar-refractivity contribution in [3.8, 4) is 22.4 Å². The van der Waals surface area contributed by atoms with Crippen LogP contribution in [-0.2, 0) is 5.54 Å². The summed E-state index contributed by atoms with van der Waals surface area (Å²) in [5.74, 6) is 0.440. The van der Waals surface area contributed by atoms with Crippen molar-refractivity contribution in [2.24, 2.45) is 0 Å². The van der Waals surface area contributed by atoms with E-state index in [2.05, 4.69) is 15.3 Å². The molecule has 1 saturated carbocycles. The van der Waals surface area contributed by atoms with E-state index in [4.69, 9.17) is 10.8 Å². The van der Waals surface area contributed by atoms with Crippen LogP contribution in [0.4, 0.5) is 10.6 Å². The Morgan fingerprint density at radius 1 is 1.07 bits per heavy atom. The molecule has 1 amide bonds. The van der Waals surface area contributed by atoms with Crippen LogP contribution in [0.3, 0.4) is 0 Å². The molecule has 136 valence electrons. The molecule has 3 aromatic rings. The van der Waals surface area contributed by atoms with E-state index in [-0.39, 0.29) is 0 Å².